The molecule has 2 aromatic heterocycles. The first-order chi connectivity index (χ1) is 17.4. The molecule has 3 aromatic carbocycles. The standard InChI is InChI=1S/C33H36N3O/c1-19-25-17-34-12-11-23(25)24(16-33(5,6)7)31-27(19)29-28-26(35-18-36(29)8)14-21-13-20(15-32(2,3)4)9-10-22(21)30(28)37-31/h9-14,17-18H,15-16H2,1-8H3/q+1. The van der Waals surface area contributed by atoms with Crippen LogP contribution in [0.3, 0.4) is 0 Å². The molecule has 1 aliphatic heterocycles. The molecule has 0 spiro atoms. The van der Waals surface area contributed by atoms with Crippen LogP contribution < -0.4 is 9.30 Å². The fourth-order valence-electron chi connectivity index (χ4n) is 5.99. The third-order valence-corrected chi connectivity index (χ3v) is 7.40. The molecular weight excluding hydrogens is 454 g/mol. The molecule has 5 aromatic rings. The van der Waals surface area contributed by atoms with Crippen molar-refractivity contribution in [3.63, 3.8) is 0 Å². The molecule has 0 unspecified atom stereocenters. The van der Waals surface area contributed by atoms with Crippen molar-refractivity contribution in [3.8, 4) is 22.8 Å². The Morgan fingerprint density at radius 3 is 2.35 bits per heavy atom. The number of ether oxygens (including phenoxy) is 1. The van der Waals surface area contributed by atoms with Gasteiger partial charge in [0.25, 0.3) is 6.33 Å². The van der Waals surface area contributed by atoms with E-state index in [9.17, 15) is 0 Å². The summed E-state index contributed by atoms with van der Waals surface area (Å²) in [6, 6.07) is 11.2. The Balaban J connectivity index is 1.72. The molecule has 4 nitrogen and oxygen atoms in total. The van der Waals surface area contributed by atoms with Gasteiger partial charge in [-0.25, -0.2) is 4.57 Å². The van der Waals surface area contributed by atoms with E-state index < -0.39 is 0 Å². The van der Waals surface area contributed by atoms with E-state index >= 15 is 0 Å². The highest BCUT2D eigenvalue weighted by molar-refractivity contribution is 6.12. The van der Waals surface area contributed by atoms with Gasteiger partial charge in [-0.3, -0.25) is 4.98 Å². The van der Waals surface area contributed by atoms with E-state index in [4.69, 9.17) is 9.72 Å². The maximum Gasteiger partial charge on any atom is 0.287 e. The van der Waals surface area contributed by atoms with Crippen LogP contribution in [0.2, 0.25) is 0 Å². The summed E-state index contributed by atoms with van der Waals surface area (Å²) in [4.78, 5) is 9.35. The molecule has 0 radical (unpaired) electrons. The van der Waals surface area contributed by atoms with Crippen molar-refractivity contribution in [2.75, 3.05) is 0 Å². The summed E-state index contributed by atoms with van der Waals surface area (Å²) in [5.41, 5.74) is 7.41. The van der Waals surface area contributed by atoms with Crippen LogP contribution >= 0.6 is 0 Å². The lowest BCUT2D eigenvalue weighted by Gasteiger charge is -2.29. The van der Waals surface area contributed by atoms with Gasteiger partial charge in [0.1, 0.15) is 11.1 Å². The summed E-state index contributed by atoms with van der Waals surface area (Å²) >= 11 is 0. The molecule has 6 rings (SSSR count). The zero-order chi connectivity index (χ0) is 26.3. The molecule has 0 fully saturated rings. The first kappa shape index (κ1) is 23.8. The Kier molecular flexibility index (Phi) is 5.14. The van der Waals surface area contributed by atoms with Crippen molar-refractivity contribution in [1.29, 1.82) is 0 Å². The zero-order valence-electron chi connectivity index (χ0n) is 23.3. The van der Waals surface area contributed by atoms with E-state index in [0.717, 1.165) is 46.2 Å². The van der Waals surface area contributed by atoms with Crippen LogP contribution in [0.4, 0.5) is 0 Å². The fraction of sp³-hybridized carbons (Fsp3) is 0.364. The highest BCUT2D eigenvalue weighted by Gasteiger charge is 2.34. The van der Waals surface area contributed by atoms with Gasteiger partial charge in [0, 0.05) is 28.7 Å². The minimum absolute atomic E-state index is 0.0965. The molecule has 1 aliphatic rings. The predicted octanol–water partition coefficient (Wildman–Crippen LogP) is 8.02. The predicted molar refractivity (Wildman–Crippen MR) is 152 cm³/mol. The van der Waals surface area contributed by atoms with Gasteiger partial charge in [0.2, 0.25) is 0 Å². The van der Waals surface area contributed by atoms with Crippen molar-refractivity contribution < 1.29 is 9.30 Å². The number of hydrogen-bond donors (Lipinski definition) is 0. The van der Waals surface area contributed by atoms with Crippen LogP contribution in [-0.2, 0) is 19.9 Å². The molecule has 0 amide bonds. The second-order valence-electron chi connectivity index (χ2n) is 13.2. The summed E-state index contributed by atoms with van der Waals surface area (Å²) in [7, 11) is 2.09. The topological polar surface area (TPSA) is 38.9 Å². The Morgan fingerprint density at radius 2 is 1.62 bits per heavy atom. The SMILES string of the molecule is Cc1c2c(c(CC(C)(C)C)c3ccncc13)Oc1c3ccc(CC(C)(C)C)cc3cc3nc[n+](C)c-2c13. The van der Waals surface area contributed by atoms with E-state index in [2.05, 4.69) is 95.4 Å². The monoisotopic (exact) mass is 490 g/mol. The molecule has 37 heavy (non-hydrogen) atoms. The van der Waals surface area contributed by atoms with Gasteiger partial charge < -0.3 is 4.74 Å². The average Bonchev–Trinajstić information content (AvgIpc) is 2.81. The van der Waals surface area contributed by atoms with E-state index in [1.165, 1.54) is 38.5 Å². The first-order valence-corrected chi connectivity index (χ1v) is 13.2. The quantitative estimate of drug-likeness (QED) is 0.182. The average molecular weight is 491 g/mol. The largest absolute Gasteiger partial charge is 0.455 e. The van der Waals surface area contributed by atoms with Crippen LogP contribution in [0.25, 0.3) is 43.7 Å². The fourth-order valence-corrected chi connectivity index (χ4v) is 5.99. The van der Waals surface area contributed by atoms with Crippen LogP contribution in [-0.4, -0.2) is 9.97 Å². The highest BCUT2D eigenvalue weighted by atomic mass is 16.5. The van der Waals surface area contributed by atoms with Crippen molar-refractivity contribution in [1.82, 2.24) is 9.97 Å². The number of aryl methyl sites for hydroxylation is 2. The maximum absolute atomic E-state index is 7.05. The van der Waals surface area contributed by atoms with E-state index in [1.807, 2.05) is 18.7 Å². The minimum Gasteiger partial charge on any atom is -0.455 e. The lowest BCUT2D eigenvalue weighted by molar-refractivity contribution is -0.662. The van der Waals surface area contributed by atoms with Crippen molar-refractivity contribution in [3.05, 3.63) is 65.7 Å². The van der Waals surface area contributed by atoms with Gasteiger partial charge in [0.15, 0.2) is 17.0 Å². The lowest BCUT2D eigenvalue weighted by Crippen LogP contribution is -2.33. The number of benzene rings is 3. The molecule has 0 saturated heterocycles. The van der Waals surface area contributed by atoms with Crippen molar-refractivity contribution in [2.45, 2.75) is 61.3 Å². The lowest BCUT2D eigenvalue weighted by atomic mass is 9.82. The van der Waals surface area contributed by atoms with Gasteiger partial charge in [0.05, 0.1) is 12.6 Å². The number of fused-ring (bicyclic) bond motifs is 5. The van der Waals surface area contributed by atoms with Crippen LogP contribution in [0, 0.1) is 17.8 Å². The van der Waals surface area contributed by atoms with Crippen molar-refractivity contribution >= 4 is 32.4 Å². The molecule has 0 N–H and O–H groups in total. The third kappa shape index (κ3) is 3.94. The summed E-state index contributed by atoms with van der Waals surface area (Å²) in [5.74, 6) is 1.90. The summed E-state index contributed by atoms with van der Waals surface area (Å²) < 4.78 is 9.21. The Morgan fingerprint density at radius 1 is 0.865 bits per heavy atom. The highest BCUT2D eigenvalue weighted by Crippen LogP contribution is 2.53. The molecule has 0 atom stereocenters. The maximum atomic E-state index is 7.05. The molecule has 0 bridgehead atoms. The van der Waals surface area contributed by atoms with Gasteiger partial charge in [-0.05, 0) is 69.6 Å². The van der Waals surface area contributed by atoms with Crippen LogP contribution in [0.15, 0.2) is 49.1 Å². The molecule has 188 valence electrons. The van der Waals surface area contributed by atoms with Gasteiger partial charge in [-0.1, -0.05) is 59.7 Å². The van der Waals surface area contributed by atoms with Crippen LogP contribution in [0.5, 0.6) is 11.5 Å². The Bertz CT molecular complexity index is 1740. The number of aromatic nitrogens is 3. The number of pyridine rings is 1. The number of rotatable bonds is 2. The van der Waals surface area contributed by atoms with E-state index in [-0.39, 0.29) is 10.8 Å². The Labute approximate surface area is 219 Å². The summed E-state index contributed by atoms with van der Waals surface area (Å²) in [6.07, 6.45) is 7.77. The second-order valence-corrected chi connectivity index (χ2v) is 13.2. The smallest absolute Gasteiger partial charge is 0.287 e. The summed E-state index contributed by atoms with van der Waals surface area (Å²) in [5, 5.41) is 5.82. The van der Waals surface area contributed by atoms with E-state index in [0.29, 0.717) is 0 Å². The van der Waals surface area contributed by atoms with E-state index in [1.54, 1.807) is 0 Å². The minimum atomic E-state index is 0.0965. The molecule has 4 heteroatoms. The van der Waals surface area contributed by atoms with Gasteiger partial charge in [-0.15, -0.1) is 0 Å². The summed E-state index contributed by atoms with van der Waals surface area (Å²) in [6.45, 7) is 15.9. The first-order valence-electron chi connectivity index (χ1n) is 13.2. The number of hydrogen-bond acceptors (Lipinski definition) is 3. The Hall–Kier alpha value is -3.53. The second kappa shape index (κ2) is 7.98. The normalized spacial score (nSPS) is 13.3. The zero-order valence-corrected chi connectivity index (χ0v) is 23.3. The van der Waals surface area contributed by atoms with Gasteiger partial charge >= 0.3 is 0 Å². The van der Waals surface area contributed by atoms with Crippen molar-refractivity contribution in [2.24, 2.45) is 17.9 Å². The molecule has 0 aliphatic carbocycles. The third-order valence-electron chi connectivity index (χ3n) is 7.40. The molecule has 0 saturated carbocycles. The number of nitrogens with zero attached hydrogens (tertiary/aromatic N) is 3. The molecular formula is C33H36N3O+. The van der Waals surface area contributed by atoms with Gasteiger partial charge in [-0.2, -0.15) is 0 Å². The molecule has 3 heterocycles. The van der Waals surface area contributed by atoms with Crippen LogP contribution in [0.1, 0.15) is 58.2 Å².